The van der Waals surface area contributed by atoms with Crippen molar-refractivity contribution in [2.24, 2.45) is 0 Å². The lowest BCUT2D eigenvalue weighted by Crippen LogP contribution is -2.05. The normalized spacial score (nSPS) is 11.5. The number of pyridine rings is 2. The smallest absolute Gasteiger partial charge is 0.164 e. The second kappa shape index (κ2) is 14.6. The second-order valence-electron chi connectivity index (χ2n) is 15.3. The Bertz CT molecular complexity index is 3520. The summed E-state index contributed by atoms with van der Waals surface area (Å²) in [5, 5.41) is 3.38. The Morgan fingerprint density at radius 2 is 0.790 bits per heavy atom. The quantitative estimate of drug-likeness (QED) is 0.161. The van der Waals surface area contributed by atoms with E-state index in [1.165, 1.54) is 5.56 Å². The van der Waals surface area contributed by atoms with Gasteiger partial charge < -0.3 is 0 Å². The van der Waals surface area contributed by atoms with E-state index in [2.05, 4.69) is 143 Å². The molecule has 7 nitrogen and oxygen atoms in total. The number of aromatic nitrogens is 7. The Morgan fingerprint density at radius 3 is 1.47 bits per heavy atom. The van der Waals surface area contributed by atoms with Gasteiger partial charge in [-0.2, -0.15) is 0 Å². The molecule has 12 aromatic rings. The first-order valence-corrected chi connectivity index (χ1v) is 20.7. The zero-order chi connectivity index (χ0) is 41.0. The molecule has 0 fully saturated rings. The van der Waals surface area contributed by atoms with E-state index in [4.69, 9.17) is 24.9 Å². The van der Waals surface area contributed by atoms with Gasteiger partial charge in [0.2, 0.25) is 0 Å². The summed E-state index contributed by atoms with van der Waals surface area (Å²) in [6, 6.07) is 71.4. The number of benzene rings is 7. The summed E-state index contributed by atoms with van der Waals surface area (Å²) in [4.78, 5) is 25.8. The minimum absolute atomic E-state index is 0.583. The van der Waals surface area contributed by atoms with Crippen molar-refractivity contribution in [3.05, 3.63) is 212 Å². The van der Waals surface area contributed by atoms with Crippen LogP contribution in [0.5, 0.6) is 0 Å². The lowest BCUT2D eigenvalue weighted by molar-refractivity contribution is 1.01. The number of rotatable bonds is 7. The molecule has 0 saturated heterocycles. The first-order valence-electron chi connectivity index (χ1n) is 20.7. The molecule has 0 saturated carbocycles. The Kier molecular flexibility index (Phi) is 8.35. The van der Waals surface area contributed by atoms with Crippen LogP contribution in [0.4, 0.5) is 0 Å². The van der Waals surface area contributed by atoms with E-state index in [0.29, 0.717) is 17.5 Å². The Morgan fingerprint density at radius 1 is 0.290 bits per heavy atom. The van der Waals surface area contributed by atoms with Gasteiger partial charge in [-0.05, 0) is 70.8 Å². The van der Waals surface area contributed by atoms with Gasteiger partial charge in [-0.15, -0.1) is 0 Å². The molecule has 290 valence electrons. The molecule has 0 bridgehead atoms. The molecule has 12 rings (SSSR count). The highest BCUT2D eigenvalue weighted by Gasteiger charge is 2.21. The van der Waals surface area contributed by atoms with E-state index in [9.17, 15) is 0 Å². The molecule has 0 radical (unpaired) electrons. The number of para-hydroxylation sites is 2. The van der Waals surface area contributed by atoms with E-state index < -0.39 is 0 Å². The Balaban J connectivity index is 1.14. The first kappa shape index (κ1) is 35.4. The number of hydrogen-bond acceptors (Lipinski definition) is 5. The highest BCUT2D eigenvalue weighted by Crippen LogP contribution is 2.39. The molecule has 0 aliphatic rings. The molecule has 0 spiro atoms. The lowest BCUT2D eigenvalue weighted by atomic mass is 9.99. The maximum Gasteiger partial charge on any atom is 0.164 e. The zero-order valence-corrected chi connectivity index (χ0v) is 33.3. The van der Waals surface area contributed by atoms with Crippen LogP contribution in [0, 0.1) is 0 Å². The van der Waals surface area contributed by atoms with Crippen LogP contribution in [0.25, 0.3) is 112 Å². The van der Waals surface area contributed by atoms with Crippen molar-refractivity contribution in [3.63, 3.8) is 0 Å². The number of fused-ring (bicyclic) bond motifs is 6. The molecule has 7 heteroatoms. The Labute approximate surface area is 356 Å². The molecular formula is C55H35N7. The topological polar surface area (TPSA) is 74.3 Å². The summed E-state index contributed by atoms with van der Waals surface area (Å²) >= 11 is 0. The van der Waals surface area contributed by atoms with Gasteiger partial charge >= 0.3 is 0 Å². The lowest BCUT2D eigenvalue weighted by Gasteiger charge is -2.16. The fraction of sp³-hybridized carbons (Fsp3) is 0. The highest BCUT2D eigenvalue weighted by molar-refractivity contribution is 6.11. The zero-order valence-electron chi connectivity index (χ0n) is 33.3. The van der Waals surface area contributed by atoms with Crippen LogP contribution in [0.2, 0.25) is 0 Å². The van der Waals surface area contributed by atoms with Crippen molar-refractivity contribution in [2.75, 3.05) is 0 Å². The van der Waals surface area contributed by atoms with Crippen molar-refractivity contribution < 1.29 is 0 Å². The van der Waals surface area contributed by atoms with Crippen molar-refractivity contribution in [1.82, 2.24) is 34.1 Å². The fourth-order valence-electron chi connectivity index (χ4n) is 8.81. The molecule has 5 heterocycles. The highest BCUT2D eigenvalue weighted by atomic mass is 15.1. The summed E-state index contributed by atoms with van der Waals surface area (Å²) in [5.74, 6) is 3.35. The van der Waals surface area contributed by atoms with Crippen molar-refractivity contribution in [3.8, 4) is 68.1 Å². The summed E-state index contributed by atoms with van der Waals surface area (Å²) < 4.78 is 4.53. The van der Waals surface area contributed by atoms with Gasteiger partial charge in [0.25, 0.3) is 0 Å². The SMILES string of the molecule is c1ccc(-c2ccc3c(c2)c2ccccc2n3-c2cc(-c3ccccc3-c3nc(-c4ccccc4)nc(-c4ccccc4)n3)cc(-n3c4ccccc4c4ncccc43)n2)cc1. The standard InChI is InChI=1S/C55H35N7/c1-4-17-36(18-5-1)39-30-31-48-45(33-39)42-24-12-14-27-46(42)61(48)50-34-40(35-51(57-50)62-47-28-15-13-26-44(47)52-49(62)29-16-32-56-52)41-23-10-11-25-43(41)55-59-53(37-19-6-2-7-20-37)58-54(60-55)38-21-8-3-9-22-38/h1-35H. The van der Waals surface area contributed by atoms with Crippen molar-refractivity contribution in [1.29, 1.82) is 0 Å². The molecule has 0 amide bonds. The average Bonchev–Trinajstić information content (AvgIpc) is 3.87. The van der Waals surface area contributed by atoms with E-state index in [0.717, 1.165) is 88.8 Å². The monoisotopic (exact) mass is 793 g/mol. The minimum Gasteiger partial charge on any atom is -0.294 e. The summed E-state index contributed by atoms with van der Waals surface area (Å²) in [5.41, 5.74) is 12.0. The summed E-state index contributed by atoms with van der Waals surface area (Å²) in [6.07, 6.45) is 1.86. The van der Waals surface area contributed by atoms with E-state index in [-0.39, 0.29) is 0 Å². The van der Waals surface area contributed by atoms with Crippen molar-refractivity contribution in [2.45, 2.75) is 0 Å². The molecule has 7 aromatic carbocycles. The van der Waals surface area contributed by atoms with Crippen LogP contribution < -0.4 is 0 Å². The van der Waals surface area contributed by atoms with Crippen LogP contribution in [-0.2, 0) is 0 Å². The van der Waals surface area contributed by atoms with Gasteiger partial charge in [0, 0.05) is 39.0 Å². The summed E-state index contributed by atoms with van der Waals surface area (Å²) in [6.45, 7) is 0. The average molecular weight is 794 g/mol. The Hall–Kier alpha value is -8.55. The maximum absolute atomic E-state index is 5.59. The van der Waals surface area contributed by atoms with Gasteiger partial charge in [0.15, 0.2) is 17.5 Å². The van der Waals surface area contributed by atoms with Gasteiger partial charge in [-0.3, -0.25) is 14.1 Å². The third kappa shape index (κ3) is 5.94. The predicted molar refractivity (Wildman–Crippen MR) is 251 cm³/mol. The second-order valence-corrected chi connectivity index (χ2v) is 15.3. The van der Waals surface area contributed by atoms with Crippen LogP contribution in [-0.4, -0.2) is 34.1 Å². The molecule has 0 atom stereocenters. The fourth-order valence-corrected chi connectivity index (χ4v) is 8.81. The molecular weight excluding hydrogens is 759 g/mol. The predicted octanol–water partition coefficient (Wildman–Crippen LogP) is 13.2. The largest absolute Gasteiger partial charge is 0.294 e. The van der Waals surface area contributed by atoms with Crippen LogP contribution in [0.15, 0.2) is 212 Å². The molecule has 0 N–H and O–H groups in total. The third-order valence-corrected chi connectivity index (χ3v) is 11.6. The van der Waals surface area contributed by atoms with Crippen LogP contribution >= 0.6 is 0 Å². The van der Waals surface area contributed by atoms with E-state index >= 15 is 0 Å². The molecule has 5 aromatic heterocycles. The van der Waals surface area contributed by atoms with Gasteiger partial charge in [0.1, 0.15) is 11.6 Å². The van der Waals surface area contributed by atoms with Gasteiger partial charge in [-0.1, -0.05) is 158 Å². The number of hydrogen-bond donors (Lipinski definition) is 0. The molecule has 0 aliphatic heterocycles. The van der Waals surface area contributed by atoms with Gasteiger partial charge in [0.05, 0.1) is 27.6 Å². The minimum atomic E-state index is 0.583. The number of nitrogens with zero attached hydrogens (tertiary/aromatic N) is 7. The molecule has 0 unspecified atom stereocenters. The van der Waals surface area contributed by atoms with E-state index in [1.807, 2.05) is 79.0 Å². The summed E-state index contributed by atoms with van der Waals surface area (Å²) in [7, 11) is 0. The molecule has 0 aliphatic carbocycles. The van der Waals surface area contributed by atoms with E-state index in [1.54, 1.807) is 0 Å². The van der Waals surface area contributed by atoms with Crippen LogP contribution in [0.1, 0.15) is 0 Å². The van der Waals surface area contributed by atoms with Crippen molar-refractivity contribution >= 4 is 43.7 Å². The molecule has 62 heavy (non-hydrogen) atoms. The van der Waals surface area contributed by atoms with Crippen LogP contribution in [0.3, 0.4) is 0 Å². The van der Waals surface area contributed by atoms with Gasteiger partial charge in [-0.25, -0.2) is 19.9 Å². The first-order chi connectivity index (χ1) is 30.7. The third-order valence-electron chi connectivity index (χ3n) is 11.6. The maximum atomic E-state index is 5.59.